The number of aryl methyl sites for hydroxylation is 1. The summed E-state index contributed by atoms with van der Waals surface area (Å²) in [6.07, 6.45) is -0.574. The molecule has 0 bridgehead atoms. The molecule has 1 unspecified atom stereocenters. The molecule has 1 atom stereocenters. The molecule has 0 saturated heterocycles. The summed E-state index contributed by atoms with van der Waals surface area (Å²) in [7, 11) is 1.60. The number of aliphatic hydroxyl groups excluding tert-OH is 1. The van der Waals surface area contributed by atoms with Gasteiger partial charge in [0.15, 0.2) is 0 Å². The van der Waals surface area contributed by atoms with Gasteiger partial charge in [-0.2, -0.15) is 0 Å². The Morgan fingerprint density at radius 2 is 2.24 bits per heavy atom. The summed E-state index contributed by atoms with van der Waals surface area (Å²) in [4.78, 5) is 11.4. The predicted octanol–water partition coefficient (Wildman–Crippen LogP) is 1.37. The van der Waals surface area contributed by atoms with Gasteiger partial charge in [-0.05, 0) is 30.7 Å². The summed E-state index contributed by atoms with van der Waals surface area (Å²) < 4.78 is 0. The number of amides is 1. The molecule has 0 aliphatic heterocycles. The molecule has 5 heteroatoms. The van der Waals surface area contributed by atoms with E-state index < -0.39 is 6.10 Å². The molecule has 17 heavy (non-hydrogen) atoms. The van der Waals surface area contributed by atoms with Crippen LogP contribution in [0.25, 0.3) is 0 Å². The number of carbonyl (C=O) groups excluding carboxylic acids is 1. The zero-order valence-corrected chi connectivity index (χ0v) is 10.7. The van der Waals surface area contributed by atoms with E-state index in [1.165, 1.54) is 0 Å². The SMILES string of the molecule is CNC(=O)c1ccc(NCC(O)CCl)c(C)c1. The van der Waals surface area contributed by atoms with Crippen molar-refractivity contribution in [2.75, 3.05) is 24.8 Å². The van der Waals surface area contributed by atoms with Crippen molar-refractivity contribution >= 4 is 23.2 Å². The van der Waals surface area contributed by atoms with Crippen molar-refractivity contribution in [1.82, 2.24) is 5.32 Å². The Hall–Kier alpha value is -1.26. The van der Waals surface area contributed by atoms with E-state index in [1.54, 1.807) is 19.2 Å². The molecule has 4 nitrogen and oxygen atoms in total. The zero-order valence-electron chi connectivity index (χ0n) is 9.96. The fourth-order valence-corrected chi connectivity index (χ4v) is 1.54. The number of aliphatic hydroxyl groups is 1. The molecule has 0 heterocycles. The summed E-state index contributed by atoms with van der Waals surface area (Å²) in [5.74, 6) is 0.0861. The maximum Gasteiger partial charge on any atom is 0.251 e. The lowest BCUT2D eigenvalue weighted by atomic mass is 10.1. The molecule has 3 N–H and O–H groups in total. The number of anilines is 1. The molecule has 1 aromatic rings. The largest absolute Gasteiger partial charge is 0.390 e. The number of benzene rings is 1. The lowest BCUT2D eigenvalue weighted by Gasteiger charge is -2.13. The summed E-state index contributed by atoms with van der Waals surface area (Å²) in [5.41, 5.74) is 2.46. The lowest BCUT2D eigenvalue weighted by molar-refractivity contribution is 0.0963. The maximum absolute atomic E-state index is 11.4. The molecule has 1 aromatic carbocycles. The van der Waals surface area contributed by atoms with Crippen LogP contribution in [0.4, 0.5) is 5.69 Å². The molecule has 0 aromatic heterocycles. The van der Waals surface area contributed by atoms with Gasteiger partial charge >= 0.3 is 0 Å². The first-order valence-corrected chi connectivity index (χ1v) is 5.92. The normalized spacial score (nSPS) is 12.0. The predicted molar refractivity (Wildman–Crippen MR) is 69.8 cm³/mol. The van der Waals surface area contributed by atoms with Crippen LogP contribution in [0.3, 0.4) is 0 Å². The van der Waals surface area contributed by atoms with Crippen LogP contribution in [0, 0.1) is 6.92 Å². The Bertz CT molecular complexity index is 396. The van der Waals surface area contributed by atoms with Gasteiger partial charge in [-0.3, -0.25) is 4.79 Å². The highest BCUT2D eigenvalue weighted by atomic mass is 35.5. The van der Waals surface area contributed by atoms with Gasteiger partial charge < -0.3 is 15.7 Å². The van der Waals surface area contributed by atoms with Crippen LogP contribution in [0.2, 0.25) is 0 Å². The minimum absolute atomic E-state index is 0.111. The number of halogens is 1. The number of carbonyl (C=O) groups is 1. The molecule has 0 radical (unpaired) electrons. The van der Waals surface area contributed by atoms with Crippen LogP contribution in [-0.2, 0) is 0 Å². The van der Waals surface area contributed by atoms with Gasteiger partial charge in [-0.25, -0.2) is 0 Å². The average molecular weight is 257 g/mol. The fourth-order valence-electron chi connectivity index (χ4n) is 1.43. The average Bonchev–Trinajstić information content (AvgIpc) is 2.35. The summed E-state index contributed by atoms with van der Waals surface area (Å²) in [6, 6.07) is 5.36. The minimum Gasteiger partial charge on any atom is -0.390 e. The van der Waals surface area contributed by atoms with Crippen LogP contribution >= 0.6 is 11.6 Å². The molecule has 0 spiro atoms. The van der Waals surface area contributed by atoms with Gasteiger partial charge in [0, 0.05) is 24.8 Å². The van der Waals surface area contributed by atoms with Crippen molar-refractivity contribution in [3.8, 4) is 0 Å². The van der Waals surface area contributed by atoms with E-state index >= 15 is 0 Å². The first-order chi connectivity index (χ1) is 8.08. The summed E-state index contributed by atoms with van der Waals surface area (Å²) in [6.45, 7) is 2.30. The van der Waals surface area contributed by atoms with Gasteiger partial charge in [0.1, 0.15) is 0 Å². The third-order valence-corrected chi connectivity index (χ3v) is 2.78. The molecule has 0 saturated carbocycles. The summed E-state index contributed by atoms with van der Waals surface area (Å²) in [5, 5.41) is 15.0. The Morgan fingerprint density at radius 3 is 2.76 bits per heavy atom. The summed E-state index contributed by atoms with van der Waals surface area (Å²) >= 11 is 5.50. The highest BCUT2D eigenvalue weighted by Gasteiger charge is 2.07. The maximum atomic E-state index is 11.4. The number of hydrogen-bond acceptors (Lipinski definition) is 3. The Morgan fingerprint density at radius 1 is 1.53 bits per heavy atom. The Balaban J connectivity index is 2.73. The molecule has 1 rings (SSSR count). The van der Waals surface area contributed by atoms with Crippen molar-refractivity contribution in [2.24, 2.45) is 0 Å². The van der Waals surface area contributed by atoms with Crippen molar-refractivity contribution in [3.63, 3.8) is 0 Å². The Kier molecular flexibility index (Phi) is 5.25. The monoisotopic (exact) mass is 256 g/mol. The van der Waals surface area contributed by atoms with E-state index in [0.717, 1.165) is 11.3 Å². The van der Waals surface area contributed by atoms with Gasteiger partial charge in [0.25, 0.3) is 5.91 Å². The zero-order chi connectivity index (χ0) is 12.8. The highest BCUT2D eigenvalue weighted by Crippen LogP contribution is 2.16. The van der Waals surface area contributed by atoms with Crippen molar-refractivity contribution in [2.45, 2.75) is 13.0 Å². The number of hydrogen-bond donors (Lipinski definition) is 3. The highest BCUT2D eigenvalue weighted by molar-refractivity contribution is 6.18. The Labute approximate surface area is 106 Å². The molecule has 0 aliphatic rings. The van der Waals surface area contributed by atoms with E-state index in [-0.39, 0.29) is 11.8 Å². The van der Waals surface area contributed by atoms with Gasteiger partial charge in [-0.15, -0.1) is 11.6 Å². The van der Waals surface area contributed by atoms with Crippen LogP contribution in [-0.4, -0.2) is 36.6 Å². The second-order valence-corrected chi connectivity index (χ2v) is 4.11. The second kappa shape index (κ2) is 6.47. The molecule has 0 fully saturated rings. The lowest BCUT2D eigenvalue weighted by Crippen LogP contribution is -2.21. The van der Waals surface area contributed by atoms with Crippen molar-refractivity contribution < 1.29 is 9.90 Å². The van der Waals surface area contributed by atoms with E-state index in [1.807, 2.05) is 13.0 Å². The molecule has 94 valence electrons. The third kappa shape index (κ3) is 3.91. The first kappa shape index (κ1) is 13.8. The van der Waals surface area contributed by atoms with Crippen molar-refractivity contribution in [1.29, 1.82) is 0 Å². The first-order valence-electron chi connectivity index (χ1n) is 5.39. The number of nitrogens with one attached hydrogen (secondary N) is 2. The fraction of sp³-hybridized carbons (Fsp3) is 0.417. The van der Waals surface area contributed by atoms with Crippen LogP contribution < -0.4 is 10.6 Å². The van der Waals surface area contributed by atoms with Crippen LogP contribution in [0.5, 0.6) is 0 Å². The minimum atomic E-state index is -0.574. The van der Waals surface area contributed by atoms with Crippen LogP contribution in [0.15, 0.2) is 18.2 Å². The topological polar surface area (TPSA) is 61.4 Å². The van der Waals surface area contributed by atoms with E-state index in [9.17, 15) is 9.90 Å². The van der Waals surface area contributed by atoms with Gasteiger partial charge in [0.05, 0.1) is 12.0 Å². The second-order valence-electron chi connectivity index (χ2n) is 3.80. The quantitative estimate of drug-likeness (QED) is 0.698. The van der Waals surface area contributed by atoms with E-state index in [4.69, 9.17) is 11.6 Å². The van der Waals surface area contributed by atoms with Crippen molar-refractivity contribution in [3.05, 3.63) is 29.3 Å². The molecule has 1 amide bonds. The van der Waals surface area contributed by atoms with Crippen LogP contribution in [0.1, 0.15) is 15.9 Å². The molecule has 0 aliphatic carbocycles. The smallest absolute Gasteiger partial charge is 0.251 e. The standard InChI is InChI=1S/C12H17ClN2O2/c1-8-5-9(12(17)14-2)3-4-11(8)15-7-10(16)6-13/h3-5,10,15-16H,6-7H2,1-2H3,(H,14,17). The third-order valence-electron chi connectivity index (χ3n) is 2.42. The van der Waals surface area contributed by atoms with Gasteiger partial charge in [0.2, 0.25) is 0 Å². The molecular weight excluding hydrogens is 240 g/mol. The van der Waals surface area contributed by atoms with E-state index in [0.29, 0.717) is 12.1 Å². The molecular formula is C12H17ClN2O2. The number of alkyl halides is 1. The number of rotatable bonds is 5. The van der Waals surface area contributed by atoms with Gasteiger partial charge in [-0.1, -0.05) is 0 Å². The van der Waals surface area contributed by atoms with E-state index in [2.05, 4.69) is 10.6 Å².